The first kappa shape index (κ1) is 13.2. The van der Waals surface area contributed by atoms with Gasteiger partial charge in [0, 0.05) is 19.1 Å². The van der Waals surface area contributed by atoms with Crippen molar-refractivity contribution in [3.8, 4) is 0 Å². The molecule has 16 heavy (non-hydrogen) atoms. The summed E-state index contributed by atoms with van der Waals surface area (Å²) in [6, 6.07) is 9.27. The Labute approximate surface area is 99.7 Å². The minimum absolute atomic E-state index is 0.590. The van der Waals surface area contributed by atoms with Crippen LogP contribution in [0.1, 0.15) is 31.9 Å². The highest BCUT2D eigenvalue weighted by Crippen LogP contribution is 2.12. The minimum Gasteiger partial charge on any atom is -0.313 e. The molecular weight excluding hydrogens is 196 g/mol. The van der Waals surface area contributed by atoms with Crippen molar-refractivity contribution in [2.24, 2.45) is 0 Å². The first-order chi connectivity index (χ1) is 7.65. The molecule has 0 amide bonds. The zero-order valence-corrected chi connectivity index (χ0v) is 11.0. The molecule has 1 aromatic rings. The second-order valence-corrected chi connectivity index (χ2v) is 4.56. The largest absolute Gasteiger partial charge is 0.313 e. The van der Waals surface area contributed by atoms with Gasteiger partial charge in [0.2, 0.25) is 0 Å². The third-order valence-corrected chi connectivity index (χ3v) is 2.99. The Bertz CT molecular complexity index is 307. The van der Waals surface area contributed by atoms with Crippen molar-refractivity contribution in [1.29, 1.82) is 0 Å². The Morgan fingerprint density at radius 1 is 1.19 bits per heavy atom. The molecule has 0 saturated heterocycles. The SMILES string of the molecule is CCNCc1ccccc1CN(C)C(C)C. The van der Waals surface area contributed by atoms with Gasteiger partial charge in [0.05, 0.1) is 0 Å². The summed E-state index contributed by atoms with van der Waals surface area (Å²) >= 11 is 0. The Morgan fingerprint density at radius 3 is 2.38 bits per heavy atom. The predicted molar refractivity (Wildman–Crippen MR) is 70.4 cm³/mol. The second kappa shape index (κ2) is 6.66. The van der Waals surface area contributed by atoms with Crippen LogP contribution in [0.3, 0.4) is 0 Å². The number of nitrogens with one attached hydrogen (secondary N) is 1. The van der Waals surface area contributed by atoms with E-state index >= 15 is 0 Å². The van der Waals surface area contributed by atoms with E-state index in [4.69, 9.17) is 0 Å². The van der Waals surface area contributed by atoms with E-state index in [1.807, 2.05) is 0 Å². The Morgan fingerprint density at radius 2 is 1.81 bits per heavy atom. The van der Waals surface area contributed by atoms with Gasteiger partial charge in [-0.05, 0) is 38.6 Å². The van der Waals surface area contributed by atoms with Crippen molar-refractivity contribution in [2.75, 3.05) is 13.6 Å². The van der Waals surface area contributed by atoms with Gasteiger partial charge in [-0.15, -0.1) is 0 Å². The van der Waals surface area contributed by atoms with Crippen LogP contribution in [0.15, 0.2) is 24.3 Å². The molecule has 1 N–H and O–H groups in total. The lowest BCUT2D eigenvalue weighted by Gasteiger charge is -2.22. The Kier molecular flexibility index (Phi) is 5.50. The average Bonchev–Trinajstić information content (AvgIpc) is 2.27. The summed E-state index contributed by atoms with van der Waals surface area (Å²) in [4.78, 5) is 2.37. The van der Waals surface area contributed by atoms with Gasteiger partial charge in [-0.3, -0.25) is 4.90 Å². The highest BCUT2D eigenvalue weighted by Gasteiger charge is 2.07. The number of hydrogen-bond donors (Lipinski definition) is 1. The fourth-order valence-electron chi connectivity index (χ4n) is 1.60. The molecule has 0 aliphatic heterocycles. The monoisotopic (exact) mass is 220 g/mol. The molecule has 0 bridgehead atoms. The van der Waals surface area contributed by atoms with Gasteiger partial charge >= 0.3 is 0 Å². The van der Waals surface area contributed by atoms with Crippen LogP contribution in [0.25, 0.3) is 0 Å². The number of benzene rings is 1. The van der Waals surface area contributed by atoms with Gasteiger partial charge in [0.1, 0.15) is 0 Å². The summed E-state index contributed by atoms with van der Waals surface area (Å²) in [6.07, 6.45) is 0. The first-order valence-corrected chi connectivity index (χ1v) is 6.13. The molecular formula is C14H24N2. The molecule has 0 atom stereocenters. The van der Waals surface area contributed by atoms with Gasteiger partial charge in [-0.1, -0.05) is 31.2 Å². The molecule has 1 rings (SSSR count). The second-order valence-electron chi connectivity index (χ2n) is 4.56. The Balaban J connectivity index is 2.70. The van der Waals surface area contributed by atoms with Crippen molar-refractivity contribution in [1.82, 2.24) is 10.2 Å². The van der Waals surface area contributed by atoms with Crippen LogP contribution in [0.5, 0.6) is 0 Å². The molecule has 0 radical (unpaired) electrons. The highest BCUT2D eigenvalue weighted by molar-refractivity contribution is 5.26. The quantitative estimate of drug-likeness (QED) is 0.793. The van der Waals surface area contributed by atoms with Gasteiger partial charge in [-0.25, -0.2) is 0 Å². The fraction of sp³-hybridized carbons (Fsp3) is 0.571. The number of nitrogens with zero attached hydrogens (tertiary/aromatic N) is 1. The van der Waals surface area contributed by atoms with E-state index < -0.39 is 0 Å². The predicted octanol–water partition coefficient (Wildman–Crippen LogP) is 2.64. The third kappa shape index (κ3) is 3.95. The molecule has 2 nitrogen and oxygen atoms in total. The lowest BCUT2D eigenvalue weighted by atomic mass is 10.1. The van der Waals surface area contributed by atoms with Crippen molar-refractivity contribution < 1.29 is 0 Å². The molecule has 2 heteroatoms. The van der Waals surface area contributed by atoms with Gasteiger partial charge < -0.3 is 5.32 Å². The van der Waals surface area contributed by atoms with Crippen LogP contribution >= 0.6 is 0 Å². The van der Waals surface area contributed by atoms with Gasteiger partial charge in [0.25, 0.3) is 0 Å². The summed E-state index contributed by atoms with van der Waals surface area (Å²) in [7, 11) is 2.18. The summed E-state index contributed by atoms with van der Waals surface area (Å²) in [5.41, 5.74) is 2.84. The smallest absolute Gasteiger partial charge is 0.0236 e. The van der Waals surface area contributed by atoms with E-state index in [1.165, 1.54) is 11.1 Å². The fourth-order valence-corrected chi connectivity index (χ4v) is 1.60. The zero-order chi connectivity index (χ0) is 12.0. The molecule has 0 aliphatic carbocycles. The molecule has 0 fully saturated rings. The van der Waals surface area contributed by atoms with E-state index in [9.17, 15) is 0 Å². The molecule has 0 aliphatic rings. The molecule has 0 saturated carbocycles. The minimum atomic E-state index is 0.590. The molecule has 0 aromatic heterocycles. The lowest BCUT2D eigenvalue weighted by Crippen LogP contribution is -2.26. The van der Waals surface area contributed by atoms with Crippen LogP contribution in [0, 0.1) is 0 Å². The molecule has 0 heterocycles. The van der Waals surface area contributed by atoms with Crippen LogP contribution in [-0.2, 0) is 13.1 Å². The van der Waals surface area contributed by atoms with Crippen LogP contribution < -0.4 is 5.32 Å². The van der Waals surface area contributed by atoms with Gasteiger partial charge in [-0.2, -0.15) is 0 Å². The molecule has 1 aromatic carbocycles. The third-order valence-electron chi connectivity index (χ3n) is 2.99. The van der Waals surface area contributed by atoms with E-state index in [1.54, 1.807) is 0 Å². The number of rotatable bonds is 6. The molecule has 90 valence electrons. The van der Waals surface area contributed by atoms with Crippen molar-refractivity contribution in [2.45, 2.75) is 39.9 Å². The van der Waals surface area contributed by atoms with E-state index in [2.05, 4.69) is 62.3 Å². The maximum atomic E-state index is 3.39. The van der Waals surface area contributed by atoms with Crippen molar-refractivity contribution in [3.63, 3.8) is 0 Å². The summed E-state index contributed by atoms with van der Waals surface area (Å²) in [6.45, 7) is 9.62. The maximum absolute atomic E-state index is 3.39. The first-order valence-electron chi connectivity index (χ1n) is 6.13. The standard InChI is InChI=1S/C14H24N2/c1-5-15-10-13-8-6-7-9-14(13)11-16(4)12(2)3/h6-9,12,15H,5,10-11H2,1-4H3. The van der Waals surface area contributed by atoms with Crippen molar-refractivity contribution >= 4 is 0 Å². The van der Waals surface area contributed by atoms with Crippen LogP contribution in [-0.4, -0.2) is 24.5 Å². The summed E-state index contributed by atoms with van der Waals surface area (Å²) in [5.74, 6) is 0. The zero-order valence-electron chi connectivity index (χ0n) is 11.0. The van der Waals surface area contributed by atoms with E-state index in [0.717, 1.165) is 19.6 Å². The summed E-state index contributed by atoms with van der Waals surface area (Å²) in [5, 5.41) is 3.39. The van der Waals surface area contributed by atoms with E-state index in [-0.39, 0.29) is 0 Å². The molecule has 0 spiro atoms. The molecule has 0 unspecified atom stereocenters. The van der Waals surface area contributed by atoms with E-state index in [0.29, 0.717) is 6.04 Å². The maximum Gasteiger partial charge on any atom is 0.0236 e. The normalized spacial score (nSPS) is 11.4. The average molecular weight is 220 g/mol. The number of hydrogen-bond acceptors (Lipinski definition) is 2. The van der Waals surface area contributed by atoms with Crippen LogP contribution in [0.2, 0.25) is 0 Å². The topological polar surface area (TPSA) is 15.3 Å². The van der Waals surface area contributed by atoms with Gasteiger partial charge in [0.15, 0.2) is 0 Å². The highest BCUT2D eigenvalue weighted by atomic mass is 15.1. The lowest BCUT2D eigenvalue weighted by molar-refractivity contribution is 0.265. The van der Waals surface area contributed by atoms with Crippen LogP contribution in [0.4, 0.5) is 0 Å². The summed E-state index contributed by atoms with van der Waals surface area (Å²) < 4.78 is 0. The van der Waals surface area contributed by atoms with Crippen molar-refractivity contribution in [3.05, 3.63) is 35.4 Å². The Hall–Kier alpha value is -0.860.